The molecule has 0 saturated heterocycles. The Hall–Kier alpha value is -2.26. The number of rotatable bonds is 5. The second kappa shape index (κ2) is 6.46. The van der Waals surface area contributed by atoms with Crippen LogP contribution in [0.15, 0.2) is 18.2 Å². The molecule has 1 aromatic rings. The average molecular weight is 308 g/mol. The molecule has 7 heteroatoms. The van der Waals surface area contributed by atoms with Crippen LogP contribution in [0.2, 0.25) is 5.02 Å². The van der Waals surface area contributed by atoms with Gasteiger partial charge in [0.25, 0.3) is 0 Å². The number of carbonyl (C=O) groups excluding carboxylic acids is 1. The first-order valence-electron chi connectivity index (χ1n) is 6.48. The van der Waals surface area contributed by atoms with Crippen LogP contribution < -0.4 is 10.6 Å². The van der Waals surface area contributed by atoms with Gasteiger partial charge in [0, 0.05) is 6.04 Å². The molecule has 3 N–H and O–H groups in total. The fraction of sp³-hybridized carbons (Fsp3) is 0.357. The molecule has 110 valence electrons. The van der Waals surface area contributed by atoms with Crippen molar-refractivity contribution in [3.63, 3.8) is 0 Å². The zero-order valence-electron chi connectivity index (χ0n) is 11.1. The number of hydrogen-bond donors (Lipinski definition) is 3. The third kappa shape index (κ3) is 4.36. The van der Waals surface area contributed by atoms with Crippen LogP contribution in [0.4, 0.5) is 10.5 Å². The summed E-state index contributed by atoms with van der Waals surface area (Å²) in [5.41, 5.74) is 0.692. The van der Waals surface area contributed by atoms with Gasteiger partial charge in [0.1, 0.15) is 0 Å². The Kier molecular flexibility index (Phi) is 4.66. The monoisotopic (exact) mass is 307 g/mol. The number of halogens is 1. The number of carboxylic acid groups (broad SMARTS) is 1. The molecule has 0 aliphatic heterocycles. The molecule has 6 nitrogen and oxygen atoms in total. The quantitative estimate of drug-likeness (QED) is 0.778. The number of carboxylic acids is 1. The summed E-state index contributed by atoms with van der Waals surface area (Å²) < 4.78 is 0. The van der Waals surface area contributed by atoms with Crippen LogP contribution in [-0.4, -0.2) is 23.1 Å². The summed E-state index contributed by atoms with van der Waals surface area (Å²) in [7, 11) is 0. The zero-order valence-corrected chi connectivity index (χ0v) is 11.9. The summed E-state index contributed by atoms with van der Waals surface area (Å²) in [6, 6.07) is 5.57. The maximum absolute atomic E-state index is 11.9. The van der Waals surface area contributed by atoms with Crippen molar-refractivity contribution in [1.82, 2.24) is 5.32 Å². The standard InChI is InChI=1S/C14H14ClN3O3/c15-10-4-1-8(7-16)5-12(10)18-14(21)17-11(6-13(19)20)9-2-3-9/h1,4-5,9,11H,2-3,6H2,(H,19,20)(H2,17,18,21). The highest BCUT2D eigenvalue weighted by atomic mass is 35.5. The van der Waals surface area contributed by atoms with Crippen molar-refractivity contribution in [2.45, 2.75) is 25.3 Å². The molecule has 1 aliphatic rings. The number of anilines is 1. The SMILES string of the molecule is N#Cc1ccc(Cl)c(NC(=O)NC(CC(=O)O)C2CC2)c1. The van der Waals surface area contributed by atoms with Crippen molar-refractivity contribution in [1.29, 1.82) is 5.26 Å². The number of carbonyl (C=O) groups is 2. The Balaban J connectivity index is 2.00. The van der Waals surface area contributed by atoms with Crippen LogP contribution in [0, 0.1) is 17.2 Å². The van der Waals surface area contributed by atoms with Gasteiger partial charge in [0.15, 0.2) is 0 Å². The Labute approximate surface area is 126 Å². The maximum atomic E-state index is 11.9. The lowest BCUT2D eigenvalue weighted by Gasteiger charge is -2.17. The van der Waals surface area contributed by atoms with E-state index in [9.17, 15) is 9.59 Å². The lowest BCUT2D eigenvalue weighted by Crippen LogP contribution is -2.40. The van der Waals surface area contributed by atoms with E-state index < -0.39 is 12.0 Å². The Bertz CT molecular complexity index is 608. The van der Waals surface area contributed by atoms with Crippen molar-refractivity contribution in [3.8, 4) is 6.07 Å². The van der Waals surface area contributed by atoms with Crippen LogP contribution in [0.25, 0.3) is 0 Å². The molecule has 21 heavy (non-hydrogen) atoms. The van der Waals surface area contributed by atoms with Gasteiger partial charge in [-0.3, -0.25) is 4.79 Å². The van der Waals surface area contributed by atoms with Gasteiger partial charge < -0.3 is 15.7 Å². The molecule has 1 unspecified atom stereocenters. The van der Waals surface area contributed by atoms with E-state index in [2.05, 4.69) is 10.6 Å². The van der Waals surface area contributed by atoms with Crippen LogP contribution in [0.1, 0.15) is 24.8 Å². The molecule has 0 radical (unpaired) electrons. The molecule has 0 bridgehead atoms. The largest absolute Gasteiger partial charge is 0.481 e. The predicted molar refractivity (Wildman–Crippen MR) is 77.1 cm³/mol. The van der Waals surface area contributed by atoms with Crippen LogP contribution in [0.5, 0.6) is 0 Å². The third-order valence-electron chi connectivity index (χ3n) is 3.25. The minimum Gasteiger partial charge on any atom is -0.481 e. The van der Waals surface area contributed by atoms with Crippen molar-refractivity contribution in [3.05, 3.63) is 28.8 Å². The van der Waals surface area contributed by atoms with Gasteiger partial charge in [-0.25, -0.2) is 4.79 Å². The summed E-state index contributed by atoms with van der Waals surface area (Å²) in [4.78, 5) is 22.7. The van der Waals surface area contributed by atoms with Gasteiger partial charge in [-0.1, -0.05) is 11.6 Å². The zero-order chi connectivity index (χ0) is 15.4. The van der Waals surface area contributed by atoms with E-state index in [1.165, 1.54) is 12.1 Å². The molecule has 0 aromatic heterocycles. The first kappa shape index (κ1) is 15.1. The van der Waals surface area contributed by atoms with Crippen molar-refractivity contribution < 1.29 is 14.7 Å². The van der Waals surface area contributed by atoms with E-state index in [-0.39, 0.29) is 18.4 Å². The molecule has 1 saturated carbocycles. The van der Waals surface area contributed by atoms with E-state index in [0.717, 1.165) is 12.8 Å². The van der Waals surface area contributed by atoms with Crippen LogP contribution in [-0.2, 0) is 4.79 Å². The Morgan fingerprint density at radius 3 is 2.76 bits per heavy atom. The van der Waals surface area contributed by atoms with Gasteiger partial charge in [-0.15, -0.1) is 0 Å². The van der Waals surface area contributed by atoms with Gasteiger partial charge in [-0.05, 0) is 37.0 Å². The average Bonchev–Trinajstić information content (AvgIpc) is 3.24. The number of nitrogens with zero attached hydrogens (tertiary/aromatic N) is 1. The van der Waals surface area contributed by atoms with E-state index in [1.54, 1.807) is 6.07 Å². The first-order chi connectivity index (χ1) is 9.99. The van der Waals surface area contributed by atoms with Gasteiger partial charge in [-0.2, -0.15) is 5.26 Å². The van der Waals surface area contributed by atoms with Gasteiger partial charge in [0.05, 0.1) is 28.8 Å². The maximum Gasteiger partial charge on any atom is 0.319 e. The minimum absolute atomic E-state index is 0.107. The second-order valence-electron chi connectivity index (χ2n) is 4.95. The van der Waals surface area contributed by atoms with Crippen molar-refractivity contribution in [2.75, 3.05) is 5.32 Å². The fourth-order valence-corrected chi connectivity index (χ4v) is 2.20. The lowest BCUT2D eigenvalue weighted by molar-refractivity contribution is -0.137. The van der Waals surface area contributed by atoms with E-state index in [1.807, 2.05) is 6.07 Å². The summed E-state index contributed by atoms with van der Waals surface area (Å²) in [6.45, 7) is 0. The number of amides is 2. The molecular weight excluding hydrogens is 294 g/mol. The summed E-state index contributed by atoms with van der Waals surface area (Å²) in [5.74, 6) is -0.732. The number of urea groups is 1. The minimum atomic E-state index is -0.947. The topological polar surface area (TPSA) is 102 Å². The van der Waals surface area contributed by atoms with E-state index >= 15 is 0 Å². The molecule has 1 aliphatic carbocycles. The molecular formula is C14H14ClN3O3. The highest BCUT2D eigenvalue weighted by Gasteiger charge is 2.33. The van der Waals surface area contributed by atoms with Gasteiger partial charge in [0.2, 0.25) is 0 Å². The third-order valence-corrected chi connectivity index (χ3v) is 3.58. The molecule has 1 aromatic carbocycles. The second-order valence-corrected chi connectivity index (χ2v) is 5.35. The van der Waals surface area contributed by atoms with Crippen LogP contribution in [0.3, 0.4) is 0 Å². The highest BCUT2D eigenvalue weighted by molar-refractivity contribution is 6.33. The first-order valence-corrected chi connectivity index (χ1v) is 6.86. The number of nitriles is 1. The summed E-state index contributed by atoms with van der Waals surface area (Å²) in [6.07, 6.45) is 1.73. The predicted octanol–water partition coefficient (Wildman–Crippen LogP) is 2.59. The van der Waals surface area contributed by atoms with Crippen LogP contribution >= 0.6 is 11.6 Å². The molecule has 0 heterocycles. The van der Waals surface area contributed by atoms with Crippen molar-refractivity contribution >= 4 is 29.3 Å². The highest BCUT2D eigenvalue weighted by Crippen LogP contribution is 2.34. The van der Waals surface area contributed by atoms with Crippen molar-refractivity contribution in [2.24, 2.45) is 5.92 Å². The van der Waals surface area contributed by atoms with Gasteiger partial charge >= 0.3 is 12.0 Å². The Morgan fingerprint density at radius 1 is 1.48 bits per heavy atom. The number of nitrogens with one attached hydrogen (secondary N) is 2. The number of benzene rings is 1. The Morgan fingerprint density at radius 2 is 2.19 bits per heavy atom. The van der Waals surface area contributed by atoms with E-state index in [0.29, 0.717) is 16.3 Å². The fourth-order valence-electron chi connectivity index (χ4n) is 2.04. The molecule has 1 atom stereocenters. The van der Waals surface area contributed by atoms with E-state index in [4.69, 9.17) is 22.0 Å². The normalized spacial score (nSPS) is 14.9. The molecule has 0 spiro atoms. The molecule has 2 amide bonds. The number of hydrogen-bond acceptors (Lipinski definition) is 3. The summed E-state index contributed by atoms with van der Waals surface area (Å²) in [5, 5.41) is 23.2. The smallest absolute Gasteiger partial charge is 0.319 e. The number of aliphatic carboxylic acids is 1. The summed E-state index contributed by atoms with van der Waals surface area (Å²) >= 11 is 5.95. The lowest BCUT2D eigenvalue weighted by atomic mass is 10.1. The molecule has 1 fully saturated rings. The molecule has 2 rings (SSSR count).